The zero-order valence-electron chi connectivity index (χ0n) is 11.4. The first kappa shape index (κ1) is 15.1. The molecule has 0 fully saturated rings. The molecule has 0 aliphatic carbocycles. The van der Waals surface area contributed by atoms with E-state index in [4.69, 9.17) is 10.2 Å². The second-order valence-corrected chi connectivity index (χ2v) is 5.47. The topological polar surface area (TPSA) is 68.3 Å². The van der Waals surface area contributed by atoms with Crippen LogP contribution in [0.4, 0.5) is 0 Å². The number of nitrogens with two attached hydrogens (primary N) is 1. The highest BCUT2D eigenvalue weighted by Gasteiger charge is 2.18. The van der Waals surface area contributed by atoms with Gasteiger partial charge in [0.05, 0.1) is 12.1 Å². The summed E-state index contributed by atoms with van der Waals surface area (Å²) in [4.78, 5) is 11.9. The lowest BCUT2D eigenvalue weighted by molar-refractivity contribution is -0.123. The number of rotatable bonds is 6. The monoisotopic (exact) mass is 270 g/mol. The van der Waals surface area contributed by atoms with Crippen LogP contribution in [-0.4, -0.2) is 24.0 Å². The summed E-state index contributed by atoms with van der Waals surface area (Å²) in [6, 6.07) is 1.44. The Morgan fingerprint density at radius 2 is 2.22 bits per heavy atom. The summed E-state index contributed by atoms with van der Waals surface area (Å²) in [5.41, 5.74) is 6.84. The molecular formula is C13H22N2O2S. The highest BCUT2D eigenvalue weighted by atomic mass is 32.2. The van der Waals surface area contributed by atoms with Crippen LogP contribution in [0.5, 0.6) is 0 Å². The van der Waals surface area contributed by atoms with Gasteiger partial charge in [-0.25, -0.2) is 0 Å². The molecule has 1 unspecified atom stereocenters. The van der Waals surface area contributed by atoms with Gasteiger partial charge < -0.3 is 15.5 Å². The number of carbonyl (C=O) groups is 1. The predicted molar refractivity (Wildman–Crippen MR) is 75.7 cm³/mol. The minimum atomic E-state index is -0.437. The number of hydrogen-bond acceptors (Lipinski definition) is 4. The van der Waals surface area contributed by atoms with Gasteiger partial charge in [0, 0.05) is 5.56 Å². The van der Waals surface area contributed by atoms with Crippen molar-refractivity contribution >= 4 is 17.7 Å². The van der Waals surface area contributed by atoms with E-state index >= 15 is 0 Å². The van der Waals surface area contributed by atoms with Crippen LogP contribution in [0, 0.1) is 13.8 Å². The molecule has 2 atom stereocenters. The standard InChI is InChI=1S/C13H22N2O2S/c1-8-7-11(10(3)17-8)9(2)15-13(16)12(14)5-6-18-4/h7,9,12H,5-6,14H2,1-4H3,(H,15,16)/t9?,12-/m0/s1. The van der Waals surface area contributed by atoms with Crippen LogP contribution >= 0.6 is 11.8 Å². The van der Waals surface area contributed by atoms with Crippen LogP contribution in [-0.2, 0) is 4.79 Å². The quantitative estimate of drug-likeness (QED) is 0.831. The summed E-state index contributed by atoms with van der Waals surface area (Å²) < 4.78 is 5.46. The molecule has 0 bridgehead atoms. The number of furan rings is 1. The van der Waals surface area contributed by atoms with Crippen molar-refractivity contribution in [3.63, 3.8) is 0 Å². The van der Waals surface area contributed by atoms with Gasteiger partial charge in [-0.15, -0.1) is 0 Å². The van der Waals surface area contributed by atoms with Crippen molar-refractivity contribution in [2.24, 2.45) is 5.73 Å². The predicted octanol–water partition coefficient (Wildman–Crippen LogP) is 2.15. The van der Waals surface area contributed by atoms with Crippen LogP contribution in [0.2, 0.25) is 0 Å². The Balaban J connectivity index is 2.56. The molecule has 0 radical (unpaired) electrons. The van der Waals surface area contributed by atoms with E-state index < -0.39 is 6.04 Å². The average Bonchev–Trinajstić information content (AvgIpc) is 2.65. The fourth-order valence-corrected chi connectivity index (χ4v) is 2.34. The smallest absolute Gasteiger partial charge is 0.237 e. The molecule has 18 heavy (non-hydrogen) atoms. The van der Waals surface area contributed by atoms with Gasteiger partial charge in [-0.2, -0.15) is 11.8 Å². The zero-order valence-corrected chi connectivity index (χ0v) is 12.3. The first-order chi connectivity index (χ1) is 8.45. The molecule has 1 aromatic rings. The lowest BCUT2D eigenvalue weighted by Crippen LogP contribution is -2.42. The van der Waals surface area contributed by atoms with E-state index in [2.05, 4.69) is 5.32 Å². The van der Waals surface area contributed by atoms with Crippen molar-refractivity contribution in [2.45, 2.75) is 39.3 Å². The Hall–Kier alpha value is -0.940. The van der Waals surface area contributed by atoms with Gasteiger partial charge in [-0.1, -0.05) is 0 Å². The van der Waals surface area contributed by atoms with E-state index in [1.807, 2.05) is 33.1 Å². The SMILES string of the molecule is CSCC[C@H](N)C(=O)NC(C)c1cc(C)oc1C. The van der Waals surface area contributed by atoms with E-state index in [1.165, 1.54) is 0 Å². The molecule has 102 valence electrons. The third kappa shape index (κ3) is 4.07. The van der Waals surface area contributed by atoms with Crippen molar-refractivity contribution in [1.29, 1.82) is 0 Å². The highest BCUT2D eigenvalue weighted by Crippen LogP contribution is 2.21. The van der Waals surface area contributed by atoms with Crippen molar-refractivity contribution in [3.05, 3.63) is 23.2 Å². The average molecular weight is 270 g/mol. The zero-order chi connectivity index (χ0) is 13.7. The summed E-state index contributed by atoms with van der Waals surface area (Å²) in [5, 5.41) is 2.93. The van der Waals surface area contributed by atoms with Gasteiger partial charge in [-0.05, 0) is 45.3 Å². The Morgan fingerprint density at radius 3 is 2.72 bits per heavy atom. The fourth-order valence-electron chi connectivity index (χ4n) is 1.85. The van der Waals surface area contributed by atoms with Gasteiger partial charge in [-0.3, -0.25) is 4.79 Å². The van der Waals surface area contributed by atoms with Crippen molar-refractivity contribution in [1.82, 2.24) is 5.32 Å². The van der Waals surface area contributed by atoms with E-state index in [-0.39, 0.29) is 11.9 Å². The summed E-state index contributed by atoms with van der Waals surface area (Å²) in [5.74, 6) is 2.50. The normalized spacial score (nSPS) is 14.3. The van der Waals surface area contributed by atoms with Crippen LogP contribution < -0.4 is 11.1 Å². The van der Waals surface area contributed by atoms with Crippen LogP contribution in [0.1, 0.15) is 36.5 Å². The molecule has 1 aromatic heterocycles. The van der Waals surface area contributed by atoms with Gasteiger partial charge in [0.1, 0.15) is 11.5 Å². The van der Waals surface area contributed by atoms with E-state index in [0.29, 0.717) is 6.42 Å². The highest BCUT2D eigenvalue weighted by molar-refractivity contribution is 7.98. The summed E-state index contributed by atoms with van der Waals surface area (Å²) in [7, 11) is 0. The maximum atomic E-state index is 11.9. The summed E-state index contributed by atoms with van der Waals surface area (Å²) in [6.07, 6.45) is 2.70. The first-order valence-electron chi connectivity index (χ1n) is 6.07. The molecule has 0 aliphatic rings. The van der Waals surface area contributed by atoms with E-state index in [1.54, 1.807) is 11.8 Å². The largest absolute Gasteiger partial charge is 0.466 e. The molecular weight excluding hydrogens is 248 g/mol. The molecule has 4 nitrogen and oxygen atoms in total. The van der Waals surface area contributed by atoms with Gasteiger partial charge >= 0.3 is 0 Å². The van der Waals surface area contributed by atoms with Gasteiger partial charge in [0.15, 0.2) is 0 Å². The third-order valence-corrected chi connectivity index (χ3v) is 3.52. The Morgan fingerprint density at radius 1 is 1.56 bits per heavy atom. The molecule has 1 heterocycles. The number of aryl methyl sites for hydroxylation is 2. The molecule has 0 saturated carbocycles. The molecule has 0 saturated heterocycles. The lowest BCUT2D eigenvalue weighted by Gasteiger charge is -2.17. The number of nitrogens with one attached hydrogen (secondary N) is 1. The Labute approximate surface area is 113 Å². The molecule has 1 rings (SSSR count). The summed E-state index contributed by atoms with van der Waals surface area (Å²) in [6.45, 7) is 5.74. The molecule has 0 spiro atoms. The first-order valence-corrected chi connectivity index (χ1v) is 7.47. The van der Waals surface area contributed by atoms with E-state index in [0.717, 1.165) is 22.8 Å². The minimum absolute atomic E-state index is 0.0738. The van der Waals surface area contributed by atoms with Gasteiger partial charge in [0.25, 0.3) is 0 Å². The number of amides is 1. The number of hydrogen-bond donors (Lipinski definition) is 2. The fraction of sp³-hybridized carbons (Fsp3) is 0.615. The van der Waals surface area contributed by atoms with E-state index in [9.17, 15) is 4.79 Å². The third-order valence-electron chi connectivity index (χ3n) is 2.87. The molecule has 0 aliphatic heterocycles. The van der Waals surface area contributed by atoms with Crippen molar-refractivity contribution in [3.8, 4) is 0 Å². The maximum Gasteiger partial charge on any atom is 0.237 e. The number of thioether (sulfide) groups is 1. The van der Waals surface area contributed by atoms with Crippen molar-refractivity contribution in [2.75, 3.05) is 12.0 Å². The molecule has 0 aromatic carbocycles. The number of carbonyl (C=O) groups excluding carboxylic acids is 1. The molecule has 5 heteroatoms. The lowest BCUT2D eigenvalue weighted by atomic mass is 10.1. The second-order valence-electron chi connectivity index (χ2n) is 4.49. The summed E-state index contributed by atoms with van der Waals surface area (Å²) >= 11 is 1.69. The minimum Gasteiger partial charge on any atom is -0.466 e. The Bertz CT molecular complexity index is 404. The molecule has 3 N–H and O–H groups in total. The van der Waals surface area contributed by atoms with Gasteiger partial charge in [0.2, 0.25) is 5.91 Å². The van der Waals surface area contributed by atoms with Crippen molar-refractivity contribution < 1.29 is 9.21 Å². The molecule has 1 amide bonds. The second kappa shape index (κ2) is 6.85. The van der Waals surface area contributed by atoms with Crippen LogP contribution in [0.15, 0.2) is 10.5 Å². The van der Waals surface area contributed by atoms with Crippen LogP contribution in [0.25, 0.3) is 0 Å². The maximum absolute atomic E-state index is 11.9. The Kier molecular flexibility index (Phi) is 5.75. The van der Waals surface area contributed by atoms with Crippen LogP contribution in [0.3, 0.4) is 0 Å².